The second kappa shape index (κ2) is 8.11. The van der Waals surface area contributed by atoms with Gasteiger partial charge in [0.1, 0.15) is 23.4 Å². The van der Waals surface area contributed by atoms with E-state index in [9.17, 15) is 9.18 Å². The van der Waals surface area contributed by atoms with Crippen molar-refractivity contribution in [1.82, 2.24) is 0 Å². The molecule has 5 heteroatoms. The van der Waals surface area contributed by atoms with Crippen LogP contribution in [0.25, 0.3) is 0 Å². The highest BCUT2D eigenvalue weighted by Gasteiger charge is 2.11. The maximum absolute atomic E-state index is 13.5. The van der Waals surface area contributed by atoms with Gasteiger partial charge in [0.25, 0.3) is 0 Å². The van der Waals surface area contributed by atoms with Crippen LogP contribution < -0.4 is 9.47 Å². The van der Waals surface area contributed by atoms with Crippen molar-refractivity contribution >= 4 is 5.97 Å². The van der Waals surface area contributed by atoms with E-state index in [0.717, 1.165) is 18.9 Å². The molecule has 1 unspecified atom stereocenters. The van der Waals surface area contributed by atoms with E-state index in [-0.39, 0.29) is 17.4 Å². The number of hydrogen-bond acceptors (Lipinski definition) is 4. The van der Waals surface area contributed by atoms with Gasteiger partial charge in [-0.2, -0.15) is 5.26 Å². The Hall–Kier alpha value is -2.87. The number of nitriles is 1. The largest absolute Gasteiger partial charge is 0.491 e. The fourth-order valence-corrected chi connectivity index (χ4v) is 2.18. The number of halogens is 1. The molecule has 2 aromatic carbocycles. The molecule has 0 N–H and O–H groups in total. The minimum Gasteiger partial charge on any atom is -0.491 e. The van der Waals surface area contributed by atoms with Gasteiger partial charge in [0.2, 0.25) is 0 Å². The number of carbonyl (C=O) groups is 1. The monoisotopic (exact) mass is 327 g/mol. The number of carbonyl (C=O) groups excluding carboxylic acids is 1. The summed E-state index contributed by atoms with van der Waals surface area (Å²) < 4.78 is 24.3. The average Bonchev–Trinajstić information content (AvgIpc) is 2.56. The van der Waals surface area contributed by atoms with Gasteiger partial charge >= 0.3 is 5.97 Å². The SMILES string of the molecule is CCCC(C)Oc1ccc(C(=O)Oc2ccc(C#N)c(F)c2)cc1. The summed E-state index contributed by atoms with van der Waals surface area (Å²) in [6.45, 7) is 4.08. The van der Waals surface area contributed by atoms with E-state index < -0.39 is 11.8 Å². The van der Waals surface area contributed by atoms with Crippen molar-refractivity contribution in [3.63, 3.8) is 0 Å². The topological polar surface area (TPSA) is 59.3 Å². The fraction of sp³-hybridized carbons (Fsp3) is 0.263. The molecule has 2 rings (SSSR count). The van der Waals surface area contributed by atoms with E-state index in [1.54, 1.807) is 30.3 Å². The quantitative estimate of drug-likeness (QED) is 0.579. The molecule has 0 saturated heterocycles. The lowest BCUT2D eigenvalue weighted by molar-refractivity contribution is 0.0734. The van der Waals surface area contributed by atoms with E-state index in [1.807, 2.05) is 6.92 Å². The van der Waals surface area contributed by atoms with Crippen molar-refractivity contribution < 1.29 is 18.7 Å². The van der Waals surface area contributed by atoms with Crippen LogP contribution in [0, 0.1) is 17.1 Å². The predicted molar refractivity (Wildman–Crippen MR) is 87.5 cm³/mol. The minimum absolute atomic E-state index is 0.0494. The molecule has 24 heavy (non-hydrogen) atoms. The first-order chi connectivity index (χ1) is 11.5. The van der Waals surface area contributed by atoms with Crippen LogP contribution in [0.1, 0.15) is 42.6 Å². The van der Waals surface area contributed by atoms with Crippen LogP contribution in [0.15, 0.2) is 42.5 Å². The number of hydrogen-bond donors (Lipinski definition) is 0. The molecule has 0 bridgehead atoms. The normalized spacial score (nSPS) is 11.4. The summed E-state index contributed by atoms with van der Waals surface area (Å²) in [5.41, 5.74) is 0.229. The summed E-state index contributed by atoms with van der Waals surface area (Å²) in [4.78, 5) is 12.1. The molecule has 124 valence electrons. The molecular weight excluding hydrogens is 309 g/mol. The van der Waals surface area contributed by atoms with Crippen LogP contribution in [0.3, 0.4) is 0 Å². The first-order valence-corrected chi connectivity index (χ1v) is 7.72. The predicted octanol–water partition coefficient (Wildman–Crippen LogP) is 4.48. The molecule has 0 amide bonds. The Labute approximate surface area is 140 Å². The Morgan fingerprint density at radius 2 is 1.88 bits per heavy atom. The Morgan fingerprint density at radius 3 is 2.46 bits per heavy atom. The van der Waals surface area contributed by atoms with Gasteiger partial charge < -0.3 is 9.47 Å². The van der Waals surface area contributed by atoms with Gasteiger partial charge in [-0.25, -0.2) is 9.18 Å². The molecular formula is C19H18FNO3. The van der Waals surface area contributed by atoms with Crippen molar-refractivity contribution in [2.24, 2.45) is 0 Å². The second-order valence-electron chi connectivity index (χ2n) is 5.38. The molecule has 2 aromatic rings. The lowest BCUT2D eigenvalue weighted by atomic mass is 10.2. The highest BCUT2D eigenvalue weighted by molar-refractivity contribution is 5.91. The molecule has 0 spiro atoms. The van der Waals surface area contributed by atoms with E-state index in [2.05, 4.69) is 6.92 Å². The molecule has 0 heterocycles. The first kappa shape index (κ1) is 17.5. The number of rotatable bonds is 6. The minimum atomic E-state index is -0.726. The lowest BCUT2D eigenvalue weighted by Gasteiger charge is -2.13. The lowest BCUT2D eigenvalue weighted by Crippen LogP contribution is -2.12. The van der Waals surface area contributed by atoms with Crippen LogP contribution in [0.5, 0.6) is 11.5 Å². The molecule has 0 radical (unpaired) electrons. The van der Waals surface area contributed by atoms with Crippen molar-refractivity contribution in [3.8, 4) is 17.6 Å². The zero-order valence-corrected chi connectivity index (χ0v) is 13.6. The van der Waals surface area contributed by atoms with Crippen molar-refractivity contribution in [2.45, 2.75) is 32.8 Å². The summed E-state index contributed by atoms with van der Waals surface area (Å²) in [7, 11) is 0. The van der Waals surface area contributed by atoms with Gasteiger partial charge in [-0.3, -0.25) is 0 Å². The van der Waals surface area contributed by atoms with Crippen molar-refractivity contribution in [2.75, 3.05) is 0 Å². The summed E-state index contributed by atoms with van der Waals surface area (Å²) >= 11 is 0. The standard InChI is InChI=1S/C19H18FNO3/c1-3-4-13(2)23-16-8-5-14(6-9-16)19(22)24-17-10-7-15(12-21)18(20)11-17/h5-11,13H,3-4H2,1-2H3. The zero-order chi connectivity index (χ0) is 17.5. The van der Waals surface area contributed by atoms with Crippen LogP contribution in [-0.4, -0.2) is 12.1 Å². The molecule has 4 nitrogen and oxygen atoms in total. The molecule has 0 fully saturated rings. The maximum Gasteiger partial charge on any atom is 0.343 e. The fourth-order valence-electron chi connectivity index (χ4n) is 2.18. The summed E-state index contributed by atoms with van der Waals surface area (Å²) in [6, 6.07) is 11.9. The van der Waals surface area contributed by atoms with E-state index in [0.29, 0.717) is 11.3 Å². The van der Waals surface area contributed by atoms with Gasteiger partial charge in [-0.1, -0.05) is 13.3 Å². The van der Waals surface area contributed by atoms with Crippen LogP contribution in [-0.2, 0) is 0 Å². The number of benzene rings is 2. The summed E-state index contributed by atoms with van der Waals surface area (Å²) in [5.74, 6) is -0.603. The Bertz CT molecular complexity index is 750. The van der Waals surface area contributed by atoms with E-state index in [1.165, 1.54) is 12.1 Å². The molecule has 0 aromatic heterocycles. The third kappa shape index (κ3) is 4.56. The van der Waals surface area contributed by atoms with Gasteiger partial charge in [0, 0.05) is 6.07 Å². The van der Waals surface area contributed by atoms with E-state index >= 15 is 0 Å². The highest BCUT2D eigenvalue weighted by atomic mass is 19.1. The van der Waals surface area contributed by atoms with Crippen LogP contribution >= 0.6 is 0 Å². The molecule has 0 aliphatic heterocycles. The highest BCUT2D eigenvalue weighted by Crippen LogP contribution is 2.19. The Morgan fingerprint density at radius 1 is 1.21 bits per heavy atom. The molecule has 0 aliphatic rings. The van der Waals surface area contributed by atoms with Crippen LogP contribution in [0.4, 0.5) is 4.39 Å². The van der Waals surface area contributed by atoms with E-state index in [4.69, 9.17) is 14.7 Å². The number of esters is 1. The van der Waals surface area contributed by atoms with Crippen molar-refractivity contribution in [3.05, 3.63) is 59.4 Å². The Balaban J connectivity index is 2.02. The molecule has 0 aliphatic carbocycles. The summed E-state index contributed by atoms with van der Waals surface area (Å²) in [6.07, 6.45) is 2.09. The van der Waals surface area contributed by atoms with Crippen molar-refractivity contribution in [1.29, 1.82) is 5.26 Å². The van der Waals surface area contributed by atoms with Gasteiger partial charge in [-0.05, 0) is 49.7 Å². The maximum atomic E-state index is 13.5. The average molecular weight is 327 g/mol. The van der Waals surface area contributed by atoms with Gasteiger partial charge in [0.15, 0.2) is 0 Å². The Kier molecular flexibility index (Phi) is 5.91. The smallest absolute Gasteiger partial charge is 0.343 e. The van der Waals surface area contributed by atoms with Gasteiger partial charge in [0.05, 0.1) is 17.2 Å². The first-order valence-electron chi connectivity index (χ1n) is 7.72. The third-order valence-electron chi connectivity index (χ3n) is 3.39. The second-order valence-corrected chi connectivity index (χ2v) is 5.38. The number of ether oxygens (including phenoxy) is 2. The third-order valence-corrected chi connectivity index (χ3v) is 3.39. The molecule has 0 saturated carbocycles. The summed E-state index contributed by atoms with van der Waals surface area (Å²) in [5, 5.41) is 8.68. The van der Waals surface area contributed by atoms with Crippen LogP contribution in [0.2, 0.25) is 0 Å². The number of nitrogens with zero attached hydrogens (tertiary/aromatic N) is 1. The van der Waals surface area contributed by atoms with Gasteiger partial charge in [-0.15, -0.1) is 0 Å². The zero-order valence-electron chi connectivity index (χ0n) is 13.6. The molecule has 1 atom stereocenters.